The molecule has 0 aromatic heterocycles. The summed E-state index contributed by atoms with van der Waals surface area (Å²) in [4.78, 5) is 11.6. The Bertz CT molecular complexity index is 481. The zero-order chi connectivity index (χ0) is 20.9. The van der Waals surface area contributed by atoms with Crippen molar-refractivity contribution < 1.29 is 14.0 Å². The molecule has 28 heavy (non-hydrogen) atoms. The number of hydrogen-bond donors (Lipinski definition) is 0. The molecule has 0 rings (SSSR count). The molecule has 0 saturated heterocycles. The number of allylic oxidation sites excluding steroid dienone is 8. The van der Waals surface area contributed by atoms with Crippen LogP contribution < -0.4 is 0 Å². The highest BCUT2D eigenvalue weighted by Crippen LogP contribution is 2.05. The van der Waals surface area contributed by atoms with Crippen LogP contribution in [0.4, 0.5) is 0 Å². The lowest BCUT2D eigenvalue weighted by Crippen LogP contribution is -2.37. The van der Waals surface area contributed by atoms with Gasteiger partial charge in [0.05, 0.1) is 21.1 Å². The summed E-state index contributed by atoms with van der Waals surface area (Å²) in [5.41, 5.74) is 0. The molecule has 0 aliphatic rings. The average molecular weight is 391 g/mol. The van der Waals surface area contributed by atoms with Crippen molar-refractivity contribution in [3.8, 4) is 0 Å². The predicted molar refractivity (Wildman–Crippen MR) is 122 cm³/mol. The maximum Gasteiger partial charge on any atom is 0.306 e. The van der Waals surface area contributed by atoms with Crippen LogP contribution in [-0.4, -0.2) is 44.7 Å². The largest absolute Gasteiger partial charge is 0.460 e. The van der Waals surface area contributed by atoms with E-state index in [0.29, 0.717) is 13.0 Å². The Morgan fingerprint density at radius 3 is 1.82 bits per heavy atom. The normalized spacial score (nSPS) is 12.9. The molecule has 3 heteroatoms. The average Bonchev–Trinajstić information content (AvgIpc) is 2.63. The summed E-state index contributed by atoms with van der Waals surface area (Å²) in [6, 6.07) is 0. The highest BCUT2D eigenvalue weighted by Gasteiger charge is 2.08. The summed E-state index contributed by atoms with van der Waals surface area (Å²) in [6.07, 6.45) is 28.2. The smallest absolute Gasteiger partial charge is 0.306 e. The molecule has 0 N–H and O–H groups in total. The van der Waals surface area contributed by atoms with Crippen molar-refractivity contribution in [1.82, 2.24) is 0 Å². The van der Waals surface area contributed by atoms with E-state index in [-0.39, 0.29) is 5.97 Å². The van der Waals surface area contributed by atoms with E-state index < -0.39 is 0 Å². The van der Waals surface area contributed by atoms with Crippen LogP contribution in [0.3, 0.4) is 0 Å². The molecular weight excluding hydrogens is 346 g/mol. The van der Waals surface area contributed by atoms with Crippen LogP contribution in [0.1, 0.15) is 71.1 Å². The predicted octanol–water partition coefficient (Wildman–Crippen LogP) is 6.38. The number of ether oxygens (including phenoxy) is 1. The van der Waals surface area contributed by atoms with E-state index in [1.165, 1.54) is 12.8 Å². The number of nitrogens with zero attached hydrogens (tertiary/aromatic N) is 1. The summed E-state index contributed by atoms with van der Waals surface area (Å²) in [6.45, 7) is 3.53. The highest BCUT2D eigenvalue weighted by atomic mass is 16.5. The van der Waals surface area contributed by atoms with Crippen LogP contribution in [0, 0.1) is 0 Å². The first kappa shape index (κ1) is 26.4. The van der Waals surface area contributed by atoms with Gasteiger partial charge in [-0.3, -0.25) is 4.79 Å². The van der Waals surface area contributed by atoms with Gasteiger partial charge in [0.1, 0.15) is 13.2 Å². The molecule has 0 aliphatic heterocycles. The maximum atomic E-state index is 11.6. The molecule has 0 amide bonds. The van der Waals surface area contributed by atoms with Gasteiger partial charge in [0.25, 0.3) is 0 Å². The second kappa shape index (κ2) is 18.7. The van der Waals surface area contributed by atoms with Gasteiger partial charge in [0.15, 0.2) is 0 Å². The lowest BCUT2D eigenvalue weighted by molar-refractivity contribution is -0.870. The minimum Gasteiger partial charge on any atom is -0.460 e. The second-order valence-electron chi connectivity index (χ2n) is 8.18. The molecule has 0 aromatic rings. The van der Waals surface area contributed by atoms with Crippen molar-refractivity contribution in [2.24, 2.45) is 0 Å². The summed E-state index contributed by atoms with van der Waals surface area (Å²) in [5, 5.41) is 0. The molecule has 0 bridgehead atoms. The number of quaternary nitrogens is 1. The second-order valence-corrected chi connectivity index (χ2v) is 8.18. The van der Waals surface area contributed by atoms with Crippen LogP contribution in [0.2, 0.25) is 0 Å². The lowest BCUT2D eigenvalue weighted by Gasteiger charge is -2.23. The molecule has 0 saturated carbocycles. The van der Waals surface area contributed by atoms with E-state index in [1.54, 1.807) is 0 Å². The molecule has 0 aromatic carbocycles. The topological polar surface area (TPSA) is 26.3 Å². The summed E-state index contributed by atoms with van der Waals surface area (Å²) >= 11 is 0. The molecular formula is C25H44NO2+. The van der Waals surface area contributed by atoms with Gasteiger partial charge in [0, 0.05) is 6.42 Å². The Morgan fingerprint density at radius 1 is 0.750 bits per heavy atom. The number of unbranched alkanes of at least 4 members (excludes halogenated alkanes) is 4. The molecule has 0 aliphatic carbocycles. The standard InChI is InChI=1S/C25H44NO2/c1-5-6-7-8-9-10-11-12-13-14-15-16-17-18-19-20-21-22-25(27)28-24-23-26(2,3)4/h6-7,9-10,12-13,18-19H,5,8,11,14-17,20-24H2,1-4H3/q+1/b7-6-,10-9-,13-12-,19-18-. The Labute approximate surface area is 174 Å². The Hall–Kier alpha value is -1.61. The first-order valence-corrected chi connectivity index (χ1v) is 11.0. The summed E-state index contributed by atoms with van der Waals surface area (Å²) < 4.78 is 6.07. The maximum absolute atomic E-state index is 11.6. The van der Waals surface area contributed by atoms with Crippen molar-refractivity contribution in [2.45, 2.75) is 71.1 Å². The fourth-order valence-electron chi connectivity index (χ4n) is 2.46. The lowest BCUT2D eigenvalue weighted by atomic mass is 10.1. The molecule has 160 valence electrons. The highest BCUT2D eigenvalue weighted by molar-refractivity contribution is 5.69. The quantitative estimate of drug-likeness (QED) is 0.125. The molecule has 0 unspecified atom stereocenters. The zero-order valence-electron chi connectivity index (χ0n) is 18.9. The molecule has 0 radical (unpaired) electrons. The Kier molecular flexibility index (Phi) is 17.7. The van der Waals surface area contributed by atoms with Gasteiger partial charge in [-0.25, -0.2) is 0 Å². The van der Waals surface area contributed by atoms with Gasteiger partial charge in [-0.2, -0.15) is 0 Å². The third-order valence-corrected chi connectivity index (χ3v) is 4.22. The number of hydrogen-bond acceptors (Lipinski definition) is 2. The number of carbonyl (C=O) groups excluding carboxylic acids is 1. The van der Waals surface area contributed by atoms with Crippen LogP contribution in [-0.2, 0) is 9.53 Å². The van der Waals surface area contributed by atoms with Crippen molar-refractivity contribution in [3.05, 3.63) is 48.6 Å². The SMILES string of the molecule is CC/C=C\C/C=C\C/C=C\CCCC/C=C\CCCC(=O)OCC[N+](C)(C)C. The van der Waals surface area contributed by atoms with E-state index in [0.717, 1.165) is 56.0 Å². The van der Waals surface area contributed by atoms with E-state index >= 15 is 0 Å². The number of likely N-dealkylation sites (N-methyl/N-ethyl adjacent to an activating group) is 1. The fraction of sp³-hybridized carbons (Fsp3) is 0.640. The van der Waals surface area contributed by atoms with Crippen LogP contribution in [0.25, 0.3) is 0 Å². The molecule has 0 atom stereocenters. The van der Waals surface area contributed by atoms with Crippen molar-refractivity contribution in [3.63, 3.8) is 0 Å². The molecule has 0 heterocycles. The number of rotatable bonds is 17. The van der Waals surface area contributed by atoms with E-state index in [4.69, 9.17) is 4.74 Å². The Balaban J connectivity index is 3.43. The summed E-state index contributed by atoms with van der Waals surface area (Å²) in [5.74, 6) is -0.0686. The van der Waals surface area contributed by atoms with E-state index in [9.17, 15) is 4.79 Å². The van der Waals surface area contributed by atoms with Crippen LogP contribution in [0.5, 0.6) is 0 Å². The van der Waals surface area contributed by atoms with Gasteiger partial charge in [-0.15, -0.1) is 0 Å². The third-order valence-electron chi connectivity index (χ3n) is 4.22. The van der Waals surface area contributed by atoms with E-state index in [1.807, 2.05) is 0 Å². The monoisotopic (exact) mass is 390 g/mol. The minimum absolute atomic E-state index is 0.0686. The third kappa shape index (κ3) is 22.4. The van der Waals surface area contributed by atoms with Crippen LogP contribution >= 0.6 is 0 Å². The Morgan fingerprint density at radius 2 is 1.25 bits per heavy atom. The molecule has 0 spiro atoms. The van der Waals surface area contributed by atoms with E-state index in [2.05, 4.69) is 76.7 Å². The van der Waals surface area contributed by atoms with Gasteiger partial charge >= 0.3 is 5.97 Å². The molecule has 0 fully saturated rings. The van der Waals surface area contributed by atoms with Gasteiger partial charge in [-0.1, -0.05) is 55.5 Å². The van der Waals surface area contributed by atoms with Crippen molar-refractivity contribution in [1.29, 1.82) is 0 Å². The van der Waals surface area contributed by atoms with Gasteiger partial charge in [-0.05, 0) is 57.8 Å². The van der Waals surface area contributed by atoms with Crippen molar-refractivity contribution >= 4 is 5.97 Å². The fourth-order valence-corrected chi connectivity index (χ4v) is 2.46. The zero-order valence-corrected chi connectivity index (χ0v) is 18.9. The summed E-state index contributed by atoms with van der Waals surface area (Å²) in [7, 11) is 6.29. The van der Waals surface area contributed by atoms with Crippen LogP contribution in [0.15, 0.2) is 48.6 Å². The van der Waals surface area contributed by atoms with Gasteiger partial charge < -0.3 is 9.22 Å². The number of esters is 1. The van der Waals surface area contributed by atoms with Crippen molar-refractivity contribution in [2.75, 3.05) is 34.3 Å². The molecule has 3 nitrogen and oxygen atoms in total. The first-order chi connectivity index (χ1) is 13.5. The first-order valence-electron chi connectivity index (χ1n) is 11.0. The number of carbonyl (C=O) groups is 1. The van der Waals surface area contributed by atoms with Gasteiger partial charge in [0.2, 0.25) is 0 Å². The minimum atomic E-state index is -0.0686.